The van der Waals surface area contributed by atoms with Gasteiger partial charge >= 0.3 is 24.1 Å². The summed E-state index contributed by atoms with van der Waals surface area (Å²) in [5.74, 6) is -3.16. The number of hydrogen-bond acceptors (Lipinski definition) is 10. The van der Waals surface area contributed by atoms with E-state index in [1.54, 1.807) is 0 Å². The first-order valence-electron chi connectivity index (χ1n) is 9.86. The lowest BCUT2D eigenvalue weighted by Crippen LogP contribution is -2.59. The van der Waals surface area contributed by atoms with Gasteiger partial charge in [-0.05, 0) is 13.8 Å². The predicted molar refractivity (Wildman–Crippen MR) is 114 cm³/mol. The molecule has 3 rings (SSSR count). The molecular weight excluding hydrogens is 569 g/mol. The zero-order valence-corrected chi connectivity index (χ0v) is 21.0. The lowest BCUT2D eigenvalue weighted by molar-refractivity contribution is -0.308. The number of esters is 3. The second-order valence-corrected chi connectivity index (χ2v) is 9.45. The van der Waals surface area contributed by atoms with Crippen LogP contribution in [0.15, 0.2) is 12.7 Å². The van der Waals surface area contributed by atoms with E-state index in [0.717, 1.165) is 44.9 Å². The molecule has 2 aromatic rings. The van der Waals surface area contributed by atoms with Gasteiger partial charge in [-0.1, -0.05) is 27.5 Å². The topological polar surface area (TPSA) is 132 Å². The minimum atomic E-state index is -5.21. The molecule has 0 amide bonds. The van der Waals surface area contributed by atoms with Crippen molar-refractivity contribution in [1.29, 1.82) is 0 Å². The number of ether oxygens (including phenoxy) is 4. The molecule has 192 valence electrons. The lowest BCUT2D eigenvalue weighted by Gasteiger charge is -2.35. The highest BCUT2D eigenvalue weighted by molar-refractivity contribution is 9.09. The number of carbonyl (C=O) groups is 3. The minimum absolute atomic E-state index is 0.0434. The van der Waals surface area contributed by atoms with E-state index in [0.29, 0.717) is 0 Å². The Bertz CT molecular complexity index is 1160. The van der Waals surface area contributed by atoms with Crippen molar-refractivity contribution in [2.45, 2.75) is 62.2 Å². The molecule has 1 saturated heterocycles. The van der Waals surface area contributed by atoms with E-state index in [9.17, 15) is 27.6 Å². The first-order chi connectivity index (χ1) is 16.1. The van der Waals surface area contributed by atoms with Crippen LogP contribution in [0.25, 0.3) is 11.2 Å². The lowest BCUT2D eigenvalue weighted by atomic mass is 9.96. The summed E-state index contributed by atoms with van der Waals surface area (Å²) in [5.41, 5.74) is -5.06. The standard InChI is InChI=1S/C19H19BrClF3N4O7/c1-8(29)33-12-10(20)15(28-7-27-11-13(21)25-6-26-14(11)28)35-18(12,19(22,23)24)5-32-16(31)17(3,4)34-9(2)30/h6-7,10,12,15H,5H2,1-4H3/t10-,12+,15-,18-/m1/s1. The molecule has 0 unspecified atom stereocenters. The fraction of sp³-hybridized carbons (Fsp3) is 0.579. The van der Waals surface area contributed by atoms with Crippen molar-refractivity contribution in [2.24, 2.45) is 0 Å². The van der Waals surface area contributed by atoms with Crippen molar-refractivity contribution in [2.75, 3.05) is 6.61 Å². The number of imidazole rings is 1. The van der Waals surface area contributed by atoms with Gasteiger partial charge in [0.1, 0.15) is 23.3 Å². The Kier molecular flexibility index (Phi) is 7.35. The van der Waals surface area contributed by atoms with Gasteiger partial charge in [0, 0.05) is 13.8 Å². The van der Waals surface area contributed by atoms with E-state index < -0.39 is 59.1 Å². The number of rotatable bonds is 6. The van der Waals surface area contributed by atoms with Gasteiger partial charge in [-0.15, -0.1) is 0 Å². The van der Waals surface area contributed by atoms with Gasteiger partial charge in [-0.3, -0.25) is 14.2 Å². The monoisotopic (exact) mass is 586 g/mol. The van der Waals surface area contributed by atoms with Gasteiger partial charge in [-0.2, -0.15) is 13.2 Å². The highest BCUT2D eigenvalue weighted by Gasteiger charge is 2.71. The number of aromatic nitrogens is 4. The molecule has 35 heavy (non-hydrogen) atoms. The number of halogens is 5. The summed E-state index contributed by atoms with van der Waals surface area (Å²) < 4.78 is 65.0. The van der Waals surface area contributed by atoms with E-state index in [-0.39, 0.29) is 16.3 Å². The minimum Gasteiger partial charge on any atom is -0.459 e. The predicted octanol–water partition coefficient (Wildman–Crippen LogP) is 2.89. The molecule has 4 atom stereocenters. The third kappa shape index (κ3) is 5.07. The summed E-state index contributed by atoms with van der Waals surface area (Å²) in [6.07, 6.45) is -6.48. The molecule has 0 bridgehead atoms. The largest absolute Gasteiger partial charge is 0.459 e. The number of fused-ring (bicyclic) bond motifs is 1. The van der Waals surface area contributed by atoms with Gasteiger partial charge in [0.25, 0.3) is 0 Å². The molecule has 0 N–H and O–H groups in total. The Morgan fingerprint density at radius 1 is 1.20 bits per heavy atom. The first kappa shape index (κ1) is 27.1. The molecule has 0 saturated carbocycles. The maximum atomic E-state index is 14.6. The summed E-state index contributed by atoms with van der Waals surface area (Å²) in [6.45, 7) is 2.82. The van der Waals surface area contributed by atoms with Crippen molar-refractivity contribution < 1.29 is 46.5 Å². The van der Waals surface area contributed by atoms with Crippen LogP contribution in [0.2, 0.25) is 5.15 Å². The van der Waals surface area contributed by atoms with E-state index in [1.165, 1.54) is 0 Å². The maximum Gasteiger partial charge on any atom is 0.424 e. The number of carbonyl (C=O) groups excluding carboxylic acids is 3. The van der Waals surface area contributed by atoms with E-state index in [1.807, 2.05) is 0 Å². The summed E-state index contributed by atoms with van der Waals surface area (Å²) in [4.78, 5) is 45.9. The molecule has 16 heteroatoms. The summed E-state index contributed by atoms with van der Waals surface area (Å²) in [5, 5.41) is -0.0434. The van der Waals surface area contributed by atoms with Gasteiger partial charge in [0.2, 0.25) is 11.2 Å². The molecule has 1 aliphatic heterocycles. The quantitative estimate of drug-likeness (QED) is 0.215. The SMILES string of the molecule is CC(=O)O[C@H]1[C@@H](Br)[C@H](n2cnc3c(Cl)ncnc32)O[C@@]1(COC(=O)C(C)(C)OC(C)=O)C(F)(F)F. The van der Waals surface area contributed by atoms with Crippen LogP contribution in [0.1, 0.15) is 33.9 Å². The van der Waals surface area contributed by atoms with Crippen LogP contribution in [0.5, 0.6) is 0 Å². The molecule has 0 aliphatic carbocycles. The molecule has 0 spiro atoms. The first-order valence-corrected chi connectivity index (χ1v) is 11.2. The zero-order valence-electron chi connectivity index (χ0n) is 18.6. The van der Waals surface area contributed by atoms with Crippen molar-refractivity contribution in [3.8, 4) is 0 Å². The van der Waals surface area contributed by atoms with Crippen LogP contribution < -0.4 is 0 Å². The third-order valence-corrected chi connectivity index (χ3v) is 6.23. The van der Waals surface area contributed by atoms with E-state index >= 15 is 0 Å². The van der Waals surface area contributed by atoms with E-state index in [2.05, 4.69) is 30.9 Å². The Hall–Kier alpha value is -2.52. The average molecular weight is 588 g/mol. The van der Waals surface area contributed by atoms with Gasteiger partial charge < -0.3 is 18.9 Å². The molecular formula is C19H19BrClF3N4O7. The van der Waals surface area contributed by atoms with Gasteiger partial charge in [0.05, 0.1) is 6.33 Å². The van der Waals surface area contributed by atoms with Crippen molar-refractivity contribution in [3.05, 3.63) is 17.8 Å². The van der Waals surface area contributed by atoms with Crippen molar-refractivity contribution >= 4 is 56.6 Å². The Morgan fingerprint density at radius 3 is 2.43 bits per heavy atom. The molecule has 0 radical (unpaired) electrons. The van der Waals surface area contributed by atoms with Crippen LogP contribution in [-0.4, -0.2) is 72.3 Å². The van der Waals surface area contributed by atoms with Gasteiger partial charge in [0.15, 0.2) is 23.1 Å². The third-order valence-electron chi connectivity index (χ3n) is 5.02. The number of hydrogen-bond donors (Lipinski definition) is 0. The molecule has 2 aromatic heterocycles. The van der Waals surface area contributed by atoms with Crippen molar-refractivity contribution in [3.63, 3.8) is 0 Å². The second-order valence-electron chi connectivity index (χ2n) is 8.04. The van der Waals surface area contributed by atoms with Crippen LogP contribution in [0.4, 0.5) is 13.2 Å². The smallest absolute Gasteiger partial charge is 0.424 e. The molecule has 1 fully saturated rings. The fourth-order valence-electron chi connectivity index (χ4n) is 3.49. The summed E-state index contributed by atoms with van der Waals surface area (Å²) in [6, 6.07) is 0. The Morgan fingerprint density at radius 2 is 1.86 bits per heavy atom. The van der Waals surface area contributed by atoms with Crippen molar-refractivity contribution in [1.82, 2.24) is 19.5 Å². The Labute approximate surface area is 209 Å². The average Bonchev–Trinajstić information content (AvgIpc) is 3.26. The second kappa shape index (κ2) is 9.50. The van der Waals surface area contributed by atoms with Gasteiger partial charge in [-0.25, -0.2) is 19.7 Å². The summed E-state index contributed by atoms with van der Waals surface area (Å²) >= 11 is 9.12. The van der Waals surface area contributed by atoms with Crippen LogP contribution in [-0.2, 0) is 33.3 Å². The van der Waals surface area contributed by atoms with Crippen LogP contribution in [0, 0.1) is 0 Å². The maximum absolute atomic E-state index is 14.6. The normalized spacial score (nSPS) is 24.9. The summed E-state index contributed by atoms with van der Waals surface area (Å²) in [7, 11) is 0. The fourth-order valence-corrected chi connectivity index (χ4v) is 4.56. The molecule has 0 aromatic carbocycles. The highest BCUT2D eigenvalue weighted by atomic mass is 79.9. The van der Waals surface area contributed by atoms with E-state index in [4.69, 9.17) is 30.5 Å². The number of alkyl halides is 4. The van der Waals surface area contributed by atoms with Crippen LogP contribution in [0.3, 0.4) is 0 Å². The number of nitrogens with zero attached hydrogens (tertiary/aromatic N) is 4. The molecule has 3 heterocycles. The van der Waals surface area contributed by atoms with Crippen LogP contribution >= 0.6 is 27.5 Å². The highest BCUT2D eigenvalue weighted by Crippen LogP contribution is 2.51. The molecule has 1 aliphatic rings. The zero-order chi connectivity index (χ0) is 26.3. The molecule has 11 nitrogen and oxygen atoms in total. The Balaban J connectivity index is 2.04.